The molecule has 3 aromatic carbocycles. The standard InChI is InChI=1S/C27H32N.H2N.Y/c1-26(2,3)24-11-7-20(8-12-24)22-15-19(18-28)16-23(17-22)21-9-13-25(14-10-21)27(4,5)6;;/h7-17,28H,18H2,1-6H3;1H2;/q2*-1;. The van der Waals surface area contributed by atoms with Crippen LogP contribution in [0.15, 0.2) is 66.7 Å². The van der Waals surface area contributed by atoms with Crippen LogP contribution in [-0.2, 0) is 50.1 Å². The van der Waals surface area contributed by atoms with Gasteiger partial charge in [-0.3, -0.25) is 0 Å². The number of nitrogens with one attached hydrogen (secondary N) is 1. The zero-order chi connectivity index (χ0) is 20.5. The summed E-state index contributed by atoms with van der Waals surface area (Å²) < 4.78 is 0. The quantitative estimate of drug-likeness (QED) is 0.363. The maximum Gasteiger partial charge on any atom is 0 e. The third-order valence-corrected chi connectivity index (χ3v) is 5.37. The van der Waals surface area contributed by atoms with Crippen LogP contribution in [0.5, 0.6) is 0 Å². The Hall–Kier alpha value is -1.32. The molecule has 3 N–H and O–H groups in total. The van der Waals surface area contributed by atoms with Gasteiger partial charge in [0, 0.05) is 32.7 Å². The van der Waals surface area contributed by atoms with Gasteiger partial charge in [-0.25, -0.2) is 0 Å². The monoisotopic (exact) mass is 475 g/mol. The van der Waals surface area contributed by atoms with E-state index in [1.165, 1.54) is 33.4 Å². The van der Waals surface area contributed by atoms with Gasteiger partial charge in [0.15, 0.2) is 0 Å². The van der Waals surface area contributed by atoms with E-state index in [2.05, 4.69) is 108 Å². The van der Waals surface area contributed by atoms with Crippen LogP contribution in [0.3, 0.4) is 0 Å². The number of benzene rings is 3. The van der Waals surface area contributed by atoms with E-state index in [4.69, 9.17) is 5.73 Å². The van der Waals surface area contributed by atoms with Crippen molar-refractivity contribution in [2.75, 3.05) is 0 Å². The van der Waals surface area contributed by atoms with E-state index in [9.17, 15) is 0 Å². The van der Waals surface area contributed by atoms with Crippen LogP contribution < -0.4 is 0 Å². The SMILES string of the molecule is CC(C)(C)c1ccc(-c2cc(C[NH-])cc(-c3ccc(C(C)(C)C)cc3)c2)cc1.[NH2-].[Y]. The summed E-state index contributed by atoms with van der Waals surface area (Å²) in [7, 11) is 0. The van der Waals surface area contributed by atoms with Crippen molar-refractivity contribution in [1.82, 2.24) is 0 Å². The summed E-state index contributed by atoms with van der Waals surface area (Å²) in [6.45, 7) is 13.7. The van der Waals surface area contributed by atoms with Crippen molar-refractivity contribution in [1.29, 1.82) is 0 Å². The molecular weight excluding hydrogens is 441 g/mol. The van der Waals surface area contributed by atoms with Gasteiger partial charge in [0.25, 0.3) is 0 Å². The van der Waals surface area contributed by atoms with Crippen LogP contribution in [0.25, 0.3) is 34.1 Å². The molecule has 0 bridgehead atoms. The van der Waals surface area contributed by atoms with Gasteiger partial charge in [0.05, 0.1) is 0 Å². The Morgan fingerprint density at radius 1 is 0.567 bits per heavy atom. The smallest absolute Gasteiger partial charge is 0 e. The Labute approximate surface area is 208 Å². The molecule has 0 saturated heterocycles. The van der Waals surface area contributed by atoms with E-state index in [1.54, 1.807) is 0 Å². The second kappa shape index (κ2) is 10.3. The molecule has 3 aromatic rings. The Kier molecular flexibility index (Phi) is 9.20. The Morgan fingerprint density at radius 3 is 1.17 bits per heavy atom. The molecular formula is C27H34N2Y-2. The average Bonchev–Trinajstić information content (AvgIpc) is 2.66. The predicted molar refractivity (Wildman–Crippen MR) is 128 cm³/mol. The fourth-order valence-electron chi connectivity index (χ4n) is 3.45. The number of hydrogen-bond donors (Lipinski definition) is 0. The molecule has 3 heteroatoms. The minimum Gasteiger partial charge on any atom is -0.693 e. The van der Waals surface area contributed by atoms with E-state index < -0.39 is 0 Å². The number of hydrogen-bond acceptors (Lipinski definition) is 0. The summed E-state index contributed by atoms with van der Waals surface area (Å²) in [5.74, 6) is 0. The Balaban J connectivity index is 0.00000225. The van der Waals surface area contributed by atoms with Gasteiger partial charge in [-0.15, -0.1) is 6.54 Å². The van der Waals surface area contributed by atoms with E-state index in [0.29, 0.717) is 6.54 Å². The van der Waals surface area contributed by atoms with Crippen LogP contribution in [0.1, 0.15) is 58.2 Å². The van der Waals surface area contributed by atoms with Gasteiger partial charge < -0.3 is 11.9 Å². The molecule has 30 heavy (non-hydrogen) atoms. The van der Waals surface area contributed by atoms with Crippen LogP contribution in [0.2, 0.25) is 0 Å². The molecule has 0 heterocycles. The molecule has 0 fully saturated rings. The molecule has 0 aromatic heterocycles. The minimum atomic E-state index is 0. The molecule has 0 amide bonds. The minimum absolute atomic E-state index is 0. The summed E-state index contributed by atoms with van der Waals surface area (Å²) in [4.78, 5) is 0. The first-order valence-corrected chi connectivity index (χ1v) is 10.1. The van der Waals surface area contributed by atoms with Gasteiger partial charge >= 0.3 is 0 Å². The summed E-state index contributed by atoms with van der Waals surface area (Å²) in [5, 5.41) is 0. The second-order valence-electron chi connectivity index (χ2n) is 9.75. The molecule has 0 aliphatic rings. The third kappa shape index (κ3) is 6.34. The molecule has 157 valence electrons. The summed E-state index contributed by atoms with van der Waals surface area (Å²) in [6, 6.07) is 24.2. The Morgan fingerprint density at radius 2 is 0.900 bits per heavy atom. The topological polar surface area (TPSA) is 57.3 Å². The first kappa shape index (κ1) is 26.7. The van der Waals surface area contributed by atoms with Crippen LogP contribution >= 0.6 is 0 Å². The van der Waals surface area contributed by atoms with Gasteiger partial charge in [-0.05, 0) is 50.3 Å². The summed E-state index contributed by atoms with van der Waals surface area (Å²) in [5.41, 5.74) is 16.7. The molecule has 0 aliphatic carbocycles. The van der Waals surface area contributed by atoms with Crippen molar-refractivity contribution >= 4 is 0 Å². The maximum atomic E-state index is 7.89. The predicted octanol–water partition coefficient (Wildman–Crippen LogP) is 8.88. The zero-order valence-corrected chi connectivity index (χ0v) is 22.1. The van der Waals surface area contributed by atoms with Crippen LogP contribution in [-0.4, -0.2) is 0 Å². The van der Waals surface area contributed by atoms with Gasteiger partial charge in [-0.2, -0.15) is 0 Å². The van der Waals surface area contributed by atoms with Crippen molar-refractivity contribution in [2.24, 2.45) is 0 Å². The van der Waals surface area contributed by atoms with E-state index in [1.807, 2.05) is 0 Å². The van der Waals surface area contributed by atoms with Gasteiger partial charge in [0.2, 0.25) is 0 Å². The molecule has 3 rings (SSSR count). The second-order valence-corrected chi connectivity index (χ2v) is 9.75. The van der Waals surface area contributed by atoms with Crippen molar-refractivity contribution < 1.29 is 32.7 Å². The van der Waals surface area contributed by atoms with Crippen molar-refractivity contribution in [3.8, 4) is 22.3 Å². The van der Waals surface area contributed by atoms with Crippen molar-refractivity contribution in [3.63, 3.8) is 0 Å². The van der Waals surface area contributed by atoms with Gasteiger partial charge in [0.1, 0.15) is 0 Å². The zero-order valence-electron chi connectivity index (χ0n) is 19.2. The molecule has 0 unspecified atom stereocenters. The molecule has 0 spiro atoms. The third-order valence-electron chi connectivity index (χ3n) is 5.37. The molecule has 1 radical (unpaired) electrons. The van der Waals surface area contributed by atoms with Crippen LogP contribution in [0.4, 0.5) is 0 Å². The molecule has 0 atom stereocenters. The van der Waals surface area contributed by atoms with Crippen molar-refractivity contribution in [2.45, 2.75) is 58.9 Å². The van der Waals surface area contributed by atoms with Gasteiger partial charge in [-0.1, -0.05) is 108 Å². The van der Waals surface area contributed by atoms with E-state index >= 15 is 0 Å². The molecule has 0 saturated carbocycles. The summed E-state index contributed by atoms with van der Waals surface area (Å²) >= 11 is 0. The van der Waals surface area contributed by atoms with Crippen LogP contribution in [0, 0.1) is 0 Å². The molecule has 2 nitrogen and oxygen atoms in total. The fraction of sp³-hybridized carbons (Fsp3) is 0.333. The number of rotatable bonds is 3. The molecule has 0 aliphatic heterocycles. The van der Waals surface area contributed by atoms with E-state index in [0.717, 1.165) is 5.56 Å². The maximum absolute atomic E-state index is 7.89. The number of nitrogens with two attached hydrogens (primary N) is 1. The van der Waals surface area contributed by atoms with E-state index in [-0.39, 0.29) is 49.7 Å². The fourth-order valence-corrected chi connectivity index (χ4v) is 3.45. The summed E-state index contributed by atoms with van der Waals surface area (Å²) in [6.07, 6.45) is 0. The first-order chi connectivity index (χ1) is 13.1. The van der Waals surface area contributed by atoms with Crippen molar-refractivity contribution in [3.05, 3.63) is 95.3 Å². The largest absolute Gasteiger partial charge is 0.693 e. The Bertz CT molecular complexity index is 868. The average molecular weight is 475 g/mol. The normalized spacial score (nSPS) is 11.4. The first-order valence-electron chi connectivity index (χ1n) is 10.1.